The average Bonchev–Trinajstić information content (AvgIpc) is 2.59. The molecule has 1 aromatic rings. The molecule has 0 radical (unpaired) electrons. The normalized spacial score (nSPS) is 23.8. The molecule has 19 heavy (non-hydrogen) atoms. The molecule has 2 rings (SSSR count). The van der Waals surface area contributed by atoms with Gasteiger partial charge in [0.15, 0.2) is 5.69 Å². The molecule has 0 bridgehead atoms. The van der Waals surface area contributed by atoms with E-state index in [1.54, 1.807) is 6.20 Å². The Morgan fingerprint density at radius 1 is 1.37 bits per heavy atom. The van der Waals surface area contributed by atoms with E-state index >= 15 is 0 Å². The lowest BCUT2D eigenvalue weighted by Gasteiger charge is -2.23. The lowest BCUT2D eigenvalue weighted by molar-refractivity contribution is 0.0481. The van der Waals surface area contributed by atoms with Crippen LogP contribution in [0.2, 0.25) is 0 Å². The summed E-state index contributed by atoms with van der Waals surface area (Å²) in [6, 6.07) is 0. The monoisotopic (exact) mass is 265 g/mol. The van der Waals surface area contributed by atoms with Gasteiger partial charge in [-0.15, -0.1) is 0 Å². The van der Waals surface area contributed by atoms with Crippen molar-refractivity contribution in [1.82, 2.24) is 9.97 Å². The molecule has 0 spiro atoms. The Labute approximate surface area is 112 Å². The van der Waals surface area contributed by atoms with Crippen LogP contribution in [0.25, 0.3) is 0 Å². The zero-order valence-corrected chi connectivity index (χ0v) is 11.3. The van der Waals surface area contributed by atoms with Crippen LogP contribution in [0.15, 0.2) is 12.4 Å². The fourth-order valence-electron chi connectivity index (χ4n) is 2.19. The van der Waals surface area contributed by atoms with Crippen molar-refractivity contribution >= 4 is 11.8 Å². The molecule has 0 aliphatic carbocycles. The highest BCUT2D eigenvalue weighted by Gasteiger charge is 2.25. The smallest absolute Gasteiger partial charge is 0.358 e. The fourth-order valence-corrected chi connectivity index (χ4v) is 2.19. The Hall–Kier alpha value is -1.69. The van der Waals surface area contributed by atoms with E-state index in [-0.39, 0.29) is 5.69 Å². The van der Waals surface area contributed by atoms with E-state index in [1.165, 1.54) is 13.3 Å². The summed E-state index contributed by atoms with van der Waals surface area (Å²) in [7, 11) is 1.31. The topological polar surface area (TPSA) is 75.5 Å². The third kappa shape index (κ3) is 3.41. The van der Waals surface area contributed by atoms with Gasteiger partial charge in [-0.05, 0) is 26.2 Å². The second-order valence-corrected chi connectivity index (χ2v) is 5.09. The fraction of sp³-hybridized carbons (Fsp3) is 0.615. The molecule has 1 aromatic heterocycles. The van der Waals surface area contributed by atoms with Gasteiger partial charge in [-0.3, -0.25) is 0 Å². The van der Waals surface area contributed by atoms with Crippen molar-refractivity contribution in [2.75, 3.05) is 25.1 Å². The van der Waals surface area contributed by atoms with Gasteiger partial charge >= 0.3 is 5.97 Å². The molecule has 0 saturated carbocycles. The van der Waals surface area contributed by atoms with Crippen molar-refractivity contribution in [3.8, 4) is 0 Å². The summed E-state index contributed by atoms with van der Waals surface area (Å²) in [5.74, 6) is 0.239. The lowest BCUT2D eigenvalue weighted by atomic mass is 9.98. The van der Waals surface area contributed by atoms with Crippen LogP contribution in [-0.2, 0) is 4.74 Å². The van der Waals surface area contributed by atoms with Gasteiger partial charge in [0.1, 0.15) is 5.82 Å². The quantitative estimate of drug-likeness (QED) is 0.804. The van der Waals surface area contributed by atoms with Crippen molar-refractivity contribution in [2.45, 2.75) is 31.8 Å². The van der Waals surface area contributed by atoms with Gasteiger partial charge in [-0.2, -0.15) is 0 Å². The maximum atomic E-state index is 11.3. The molecule has 1 N–H and O–H groups in total. The van der Waals surface area contributed by atoms with Crippen molar-refractivity contribution < 1.29 is 14.6 Å². The van der Waals surface area contributed by atoms with E-state index in [0.29, 0.717) is 6.42 Å². The van der Waals surface area contributed by atoms with Crippen molar-refractivity contribution in [3.05, 3.63) is 18.1 Å². The summed E-state index contributed by atoms with van der Waals surface area (Å²) in [5.41, 5.74) is -0.401. The number of aliphatic hydroxyl groups is 1. The number of rotatable bonds is 2. The lowest BCUT2D eigenvalue weighted by Crippen LogP contribution is -2.29. The minimum atomic E-state index is -0.603. The Balaban J connectivity index is 2.08. The largest absolute Gasteiger partial charge is 0.464 e. The number of methoxy groups -OCH3 is 1. The first-order valence-corrected chi connectivity index (χ1v) is 6.39. The van der Waals surface area contributed by atoms with Gasteiger partial charge < -0.3 is 14.7 Å². The SMILES string of the molecule is COC(=O)c1cnc(N2CCCC(C)(O)CC2)cn1. The molecular weight excluding hydrogens is 246 g/mol. The standard InChI is InChI=1S/C13H19N3O3/c1-13(18)4-3-6-16(7-5-13)11-9-14-10(8-15-11)12(17)19-2/h8-9,18H,3-7H2,1-2H3. The first kappa shape index (κ1) is 13.7. The summed E-state index contributed by atoms with van der Waals surface area (Å²) >= 11 is 0. The molecule has 1 saturated heterocycles. The number of carbonyl (C=O) groups is 1. The Morgan fingerprint density at radius 2 is 2.16 bits per heavy atom. The molecule has 1 unspecified atom stereocenters. The van der Waals surface area contributed by atoms with Crippen LogP contribution < -0.4 is 4.90 Å². The second kappa shape index (κ2) is 5.52. The molecule has 1 atom stereocenters. The molecule has 6 nitrogen and oxygen atoms in total. The molecule has 0 amide bonds. The Kier molecular flexibility index (Phi) is 3.99. The number of esters is 1. The average molecular weight is 265 g/mol. The zero-order chi connectivity index (χ0) is 13.9. The second-order valence-electron chi connectivity index (χ2n) is 5.09. The maximum Gasteiger partial charge on any atom is 0.358 e. The molecule has 104 valence electrons. The van der Waals surface area contributed by atoms with Gasteiger partial charge in [0.05, 0.1) is 25.1 Å². The summed E-state index contributed by atoms with van der Waals surface area (Å²) < 4.78 is 4.58. The summed E-state index contributed by atoms with van der Waals surface area (Å²) in [5, 5.41) is 10.0. The molecule has 6 heteroatoms. The molecule has 2 heterocycles. The van der Waals surface area contributed by atoms with E-state index in [2.05, 4.69) is 19.6 Å². The van der Waals surface area contributed by atoms with E-state index in [1.807, 2.05) is 6.92 Å². The first-order chi connectivity index (χ1) is 9.02. The van der Waals surface area contributed by atoms with E-state index < -0.39 is 11.6 Å². The summed E-state index contributed by atoms with van der Waals surface area (Å²) in [4.78, 5) is 21.6. The van der Waals surface area contributed by atoms with E-state index in [9.17, 15) is 9.90 Å². The number of hydrogen-bond donors (Lipinski definition) is 1. The van der Waals surface area contributed by atoms with E-state index in [0.717, 1.165) is 31.7 Å². The van der Waals surface area contributed by atoms with Gasteiger partial charge in [0.2, 0.25) is 0 Å². The minimum Gasteiger partial charge on any atom is -0.464 e. The number of ether oxygens (including phenoxy) is 1. The van der Waals surface area contributed by atoms with Gasteiger partial charge in [-0.25, -0.2) is 14.8 Å². The highest BCUT2D eigenvalue weighted by molar-refractivity contribution is 5.86. The van der Waals surface area contributed by atoms with Crippen LogP contribution in [0.1, 0.15) is 36.7 Å². The maximum absolute atomic E-state index is 11.3. The number of hydrogen-bond acceptors (Lipinski definition) is 6. The van der Waals surface area contributed by atoms with Crippen LogP contribution in [-0.4, -0.2) is 46.8 Å². The molecular formula is C13H19N3O3. The number of aromatic nitrogens is 2. The van der Waals surface area contributed by atoms with Gasteiger partial charge in [0.25, 0.3) is 0 Å². The summed E-state index contributed by atoms with van der Waals surface area (Å²) in [6.45, 7) is 3.43. The highest BCUT2D eigenvalue weighted by atomic mass is 16.5. The van der Waals surface area contributed by atoms with Crippen molar-refractivity contribution in [3.63, 3.8) is 0 Å². The van der Waals surface area contributed by atoms with E-state index in [4.69, 9.17) is 0 Å². The predicted octanol–water partition coefficient (Wildman–Crippen LogP) is 1.00. The Bertz CT molecular complexity index is 445. The number of anilines is 1. The van der Waals surface area contributed by atoms with Crippen LogP contribution in [0.4, 0.5) is 5.82 Å². The molecule has 0 aromatic carbocycles. The first-order valence-electron chi connectivity index (χ1n) is 6.39. The van der Waals surface area contributed by atoms with Crippen molar-refractivity contribution in [2.24, 2.45) is 0 Å². The van der Waals surface area contributed by atoms with Crippen LogP contribution in [0, 0.1) is 0 Å². The number of carbonyl (C=O) groups excluding carboxylic acids is 1. The minimum absolute atomic E-state index is 0.202. The predicted molar refractivity (Wildman–Crippen MR) is 70.1 cm³/mol. The third-order valence-corrected chi connectivity index (χ3v) is 3.42. The Morgan fingerprint density at radius 3 is 2.79 bits per heavy atom. The zero-order valence-electron chi connectivity index (χ0n) is 11.3. The van der Waals surface area contributed by atoms with Crippen molar-refractivity contribution in [1.29, 1.82) is 0 Å². The molecule has 1 aliphatic heterocycles. The third-order valence-electron chi connectivity index (χ3n) is 3.42. The highest BCUT2D eigenvalue weighted by Crippen LogP contribution is 2.23. The van der Waals surface area contributed by atoms with Gasteiger partial charge in [0, 0.05) is 13.1 Å². The molecule has 1 aliphatic rings. The van der Waals surface area contributed by atoms with Gasteiger partial charge in [-0.1, -0.05) is 0 Å². The number of nitrogens with zero attached hydrogens (tertiary/aromatic N) is 3. The summed E-state index contributed by atoms with van der Waals surface area (Å²) in [6.07, 6.45) is 5.40. The van der Waals surface area contributed by atoms with Crippen LogP contribution in [0.3, 0.4) is 0 Å². The molecule has 1 fully saturated rings. The van der Waals surface area contributed by atoms with Crippen LogP contribution in [0.5, 0.6) is 0 Å². The van der Waals surface area contributed by atoms with Crippen LogP contribution >= 0.6 is 0 Å².